The largest absolute Gasteiger partial charge is 0.396 e. The topological polar surface area (TPSA) is 102 Å². The number of nitrogens with zero attached hydrogens (tertiary/aromatic N) is 3. The van der Waals surface area contributed by atoms with Gasteiger partial charge in [0.1, 0.15) is 5.69 Å². The minimum atomic E-state index is -0.271. The van der Waals surface area contributed by atoms with E-state index in [1.165, 1.54) is 0 Å². The van der Waals surface area contributed by atoms with Crippen molar-refractivity contribution in [2.45, 2.75) is 44.3 Å². The molecule has 0 aliphatic carbocycles. The van der Waals surface area contributed by atoms with Gasteiger partial charge >= 0.3 is 0 Å². The Bertz CT molecular complexity index is 680. The van der Waals surface area contributed by atoms with E-state index in [0.717, 1.165) is 18.5 Å². The van der Waals surface area contributed by atoms with Gasteiger partial charge in [-0.3, -0.25) is 4.79 Å². The Morgan fingerprint density at radius 3 is 3.04 bits per heavy atom. The number of amides is 1. The molecule has 1 aromatic rings. The molecule has 24 heavy (non-hydrogen) atoms. The lowest BCUT2D eigenvalue weighted by Gasteiger charge is -2.27. The number of rotatable bonds is 3. The minimum absolute atomic E-state index is 0.122. The molecule has 4 rings (SSSR count). The molecule has 0 saturated carbocycles. The maximum absolute atomic E-state index is 12.9. The predicted octanol–water partition coefficient (Wildman–Crippen LogP) is 0.794. The van der Waals surface area contributed by atoms with Gasteiger partial charge in [-0.2, -0.15) is 0 Å². The highest BCUT2D eigenvalue weighted by atomic mass is 16.5. The first-order valence-corrected chi connectivity index (χ1v) is 8.66. The standard InChI is InChI=1S/C17H24N4O3/c1-9(2)12-5-13(20-16(18)19-12)15(23)21-6-11-10(7-22)14-3-4-17(11,8-21)24-14/h5,9-11,14,22H,3-4,6-8H2,1-2H3,(H2,18,19,20)/t10-,11+,14+,17+/m1/s1. The molecule has 1 amide bonds. The molecule has 1 spiro atoms. The predicted molar refractivity (Wildman–Crippen MR) is 87.3 cm³/mol. The van der Waals surface area contributed by atoms with E-state index in [-0.39, 0.29) is 47.9 Å². The van der Waals surface area contributed by atoms with Crippen LogP contribution in [0.3, 0.4) is 0 Å². The Labute approximate surface area is 141 Å². The third-order valence-electron chi connectivity index (χ3n) is 5.86. The molecule has 2 bridgehead atoms. The summed E-state index contributed by atoms with van der Waals surface area (Å²) in [5.41, 5.74) is 6.62. The van der Waals surface area contributed by atoms with Crippen LogP contribution >= 0.6 is 0 Å². The Balaban J connectivity index is 1.59. The molecule has 3 aliphatic heterocycles. The van der Waals surface area contributed by atoms with Crippen molar-refractivity contribution in [3.63, 3.8) is 0 Å². The van der Waals surface area contributed by atoms with Crippen molar-refractivity contribution < 1.29 is 14.6 Å². The molecule has 3 fully saturated rings. The van der Waals surface area contributed by atoms with E-state index in [2.05, 4.69) is 9.97 Å². The highest BCUT2D eigenvalue weighted by molar-refractivity contribution is 5.93. The summed E-state index contributed by atoms with van der Waals surface area (Å²) < 4.78 is 6.18. The molecular weight excluding hydrogens is 308 g/mol. The normalized spacial score (nSPS) is 34.2. The quantitative estimate of drug-likeness (QED) is 0.849. The molecule has 130 valence electrons. The summed E-state index contributed by atoms with van der Waals surface area (Å²) >= 11 is 0. The van der Waals surface area contributed by atoms with Gasteiger partial charge in [-0.05, 0) is 24.8 Å². The highest BCUT2D eigenvalue weighted by Crippen LogP contribution is 2.54. The van der Waals surface area contributed by atoms with E-state index in [1.54, 1.807) is 11.0 Å². The van der Waals surface area contributed by atoms with Crippen molar-refractivity contribution in [3.05, 3.63) is 17.5 Å². The summed E-state index contributed by atoms with van der Waals surface area (Å²) in [6.45, 7) is 5.32. The van der Waals surface area contributed by atoms with Crippen molar-refractivity contribution in [1.29, 1.82) is 0 Å². The summed E-state index contributed by atoms with van der Waals surface area (Å²) in [6.07, 6.45) is 2.09. The lowest BCUT2D eigenvalue weighted by molar-refractivity contribution is 0.00148. The van der Waals surface area contributed by atoms with Crippen LogP contribution in [0.5, 0.6) is 0 Å². The van der Waals surface area contributed by atoms with Crippen molar-refractivity contribution >= 4 is 11.9 Å². The van der Waals surface area contributed by atoms with Crippen molar-refractivity contribution in [3.8, 4) is 0 Å². The second-order valence-corrected chi connectivity index (χ2v) is 7.59. The van der Waals surface area contributed by atoms with Gasteiger partial charge in [-0.15, -0.1) is 0 Å². The van der Waals surface area contributed by atoms with E-state index < -0.39 is 0 Å². The Hall–Kier alpha value is -1.73. The lowest BCUT2D eigenvalue weighted by Crippen LogP contribution is -2.38. The number of nitrogens with two attached hydrogens (primary N) is 1. The molecule has 0 aromatic carbocycles. The molecule has 1 aromatic heterocycles. The number of carbonyl (C=O) groups is 1. The van der Waals surface area contributed by atoms with Crippen LogP contribution in [-0.4, -0.2) is 57.3 Å². The average Bonchev–Trinajstić information content (AvgIpc) is 3.20. The second-order valence-electron chi connectivity index (χ2n) is 7.59. The fourth-order valence-electron chi connectivity index (χ4n) is 4.64. The maximum Gasteiger partial charge on any atom is 0.272 e. The molecule has 0 radical (unpaired) electrons. The smallest absolute Gasteiger partial charge is 0.272 e. The van der Waals surface area contributed by atoms with Crippen molar-refractivity contribution in [2.75, 3.05) is 25.4 Å². The van der Waals surface area contributed by atoms with Crippen LogP contribution in [0.4, 0.5) is 5.95 Å². The summed E-state index contributed by atoms with van der Waals surface area (Å²) in [5.74, 6) is 0.536. The zero-order valence-corrected chi connectivity index (χ0v) is 14.1. The number of hydrogen-bond donors (Lipinski definition) is 2. The Kier molecular flexibility index (Phi) is 3.54. The summed E-state index contributed by atoms with van der Waals surface area (Å²) in [4.78, 5) is 23.1. The number of aliphatic hydroxyl groups excluding tert-OH is 1. The Morgan fingerprint density at radius 2 is 2.33 bits per heavy atom. The third kappa shape index (κ3) is 2.22. The van der Waals surface area contributed by atoms with E-state index >= 15 is 0 Å². The zero-order chi connectivity index (χ0) is 17.1. The first kappa shape index (κ1) is 15.8. The molecule has 3 aliphatic rings. The van der Waals surface area contributed by atoms with Crippen LogP contribution in [0.25, 0.3) is 0 Å². The monoisotopic (exact) mass is 332 g/mol. The van der Waals surface area contributed by atoms with E-state index in [0.29, 0.717) is 18.8 Å². The zero-order valence-electron chi connectivity index (χ0n) is 14.1. The van der Waals surface area contributed by atoms with Gasteiger partial charge in [-0.25, -0.2) is 9.97 Å². The maximum atomic E-state index is 12.9. The summed E-state index contributed by atoms with van der Waals surface area (Å²) in [5, 5.41) is 9.69. The van der Waals surface area contributed by atoms with Gasteiger partial charge in [0, 0.05) is 30.7 Å². The number of likely N-dealkylation sites (tertiary alicyclic amines) is 1. The van der Waals surface area contributed by atoms with Crippen molar-refractivity contribution in [2.24, 2.45) is 11.8 Å². The molecule has 4 heterocycles. The SMILES string of the molecule is CC(C)c1cc(C(=O)N2C[C@H]3[C@@H](CO)[C@@H]4CC[C@@]3(C2)O4)nc(N)n1. The van der Waals surface area contributed by atoms with Crippen LogP contribution in [0.2, 0.25) is 0 Å². The number of aromatic nitrogens is 2. The second kappa shape index (κ2) is 5.39. The van der Waals surface area contributed by atoms with Crippen molar-refractivity contribution in [1.82, 2.24) is 14.9 Å². The lowest BCUT2D eigenvalue weighted by atomic mass is 9.74. The molecule has 7 nitrogen and oxygen atoms in total. The number of nitrogen functional groups attached to an aromatic ring is 1. The highest BCUT2D eigenvalue weighted by Gasteiger charge is 2.63. The number of anilines is 1. The van der Waals surface area contributed by atoms with Crippen LogP contribution in [0.1, 0.15) is 48.8 Å². The number of fused-ring (bicyclic) bond motifs is 1. The fraction of sp³-hybridized carbons (Fsp3) is 0.706. The van der Waals surface area contributed by atoms with Gasteiger partial charge < -0.3 is 20.5 Å². The van der Waals surface area contributed by atoms with E-state index in [4.69, 9.17) is 10.5 Å². The molecule has 7 heteroatoms. The van der Waals surface area contributed by atoms with Gasteiger partial charge in [0.15, 0.2) is 0 Å². The number of aliphatic hydroxyl groups is 1. The number of hydrogen-bond acceptors (Lipinski definition) is 6. The van der Waals surface area contributed by atoms with Gasteiger partial charge in [0.2, 0.25) is 5.95 Å². The molecule has 0 unspecified atom stereocenters. The fourth-order valence-corrected chi connectivity index (χ4v) is 4.64. The van der Waals surface area contributed by atoms with Crippen LogP contribution in [0.15, 0.2) is 6.07 Å². The van der Waals surface area contributed by atoms with Gasteiger partial charge in [0.25, 0.3) is 5.91 Å². The summed E-state index contributed by atoms with van der Waals surface area (Å²) in [6, 6.07) is 1.73. The minimum Gasteiger partial charge on any atom is -0.396 e. The summed E-state index contributed by atoms with van der Waals surface area (Å²) in [7, 11) is 0. The number of ether oxygens (including phenoxy) is 1. The first-order chi connectivity index (χ1) is 11.4. The van der Waals surface area contributed by atoms with Crippen LogP contribution < -0.4 is 5.73 Å². The molecule has 3 saturated heterocycles. The molecular formula is C17H24N4O3. The third-order valence-corrected chi connectivity index (χ3v) is 5.86. The van der Waals surface area contributed by atoms with Gasteiger partial charge in [0.05, 0.1) is 18.2 Å². The van der Waals surface area contributed by atoms with E-state index in [1.807, 2.05) is 13.8 Å². The Morgan fingerprint density at radius 1 is 1.54 bits per heavy atom. The number of carbonyl (C=O) groups excluding carboxylic acids is 1. The van der Waals surface area contributed by atoms with Gasteiger partial charge in [-0.1, -0.05) is 13.8 Å². The average molecular weight is 332 g/mol. The molecule has 3 N–H and O–H groups in total. The molecule has 4 atom stereocenters. The first-order valence-electron chi connectivity index (χ1n) is 8.66. The van der Waals surface area contributed by atoms with Crippen LogP contribution in [-0.2, 0) is 4.74 Å². The van der Waals surface area contributed by atoms with Crippen LogP contribution in [0, 0.1) is 11.8 Å². The van der Waals surface area contributed by atoms with E-state index in [9.17, 15) is 9.90 Å².